The molecule has 0 fully saturated rings. The van der Waals surface area contributed by atoms with Gasteiger partial charge in [0, 0.05) is 23.1 Å². The summed E-state index contributed by atoms with van der Waals surface area (Å²) in [6.07, 6.45) is 0. The Hall–Kier alpha value is -3.11. The molecule has 8 nitrogen and oxygen atoms in total. The van der Waals surface area contributed by atoms with Crippen LogP contribution in [0.4, 0.5) is 11.4 Å². The Labute approximate surface area is 168 Å². The van der Waals surface area contributed by atoms with Crippen molar-refractivity contribution in [2.75, 3.05) is 11.9 Å². The van der Waals surface area contributed by atoms with Gasteiger partial charge in [-0.25, -0.2) is 9.78 Å². The topological polar surface area (TPSA) is 111 Å². The van der Waals surface area contributed by atoms with E-state index in [0.717, 1.165) is 5.56 Å². The third-order valence-electron chi connectivity index (χ3n) is 3.79. The summed E-state index contributed by atoms with van der Waals surface area (Å²) in [7, 11) is 0. The number of benzene rings is 1. The van der Waals surface area contributed by atoms with Crippen LogP contribution in [0.3, 0.4) is 0 Å². The van der Waals surface area contributed by atoms with Gasteiger partial charge in [-0.15, -0.1) is 11.3 Å². The van der Waals surface area contributed by atoms with Crippen LogP contribution in [0.15, 0.2) is 35.0 Å². The molecule has 0 bridgehead atoms. The second-order valence-electron chi connectivity index (χ2n) is 5.83. The first kappa shape index (κ1) is 19.6. The molecular weight excluding hydrogens is 402 g/mol. The number of hydrogen-bond acceptors (Lipinski definition) is 8. The van der Waals surface area contributed by atoms with Crippen molar-refractivity contribution in [2.45, 2.75) is 13.8 Å². The summed E-state index contributed by atoms with van der Waals surface area (Å²) in [4.78, 5) is 39.4. The summed E-state index contributed by atoms with van der Waals surface area (Å²) < 4.78 is 5.08. The Kier molecular flexibility index (Phi) is 5.81. The van der Waals surface area contributed by atoms with Crippen molar-refractivity contribution in [3.8, 4) is 10.6 Å². The van der Waals surface area contributed by atoms with Gasteiger partial charge in [0.2, 0.25) is 0 Å². The lowest BCUT2D eigenvalue weighted by molar-refractivity contribution is -0.384. The van der Waals surface area contributed by atoms with E-state index in [1.807, 2.05) is 16.8 Å². The molecule has 2 heterocycles. The quantitative estimate of drug-likeness (QED) is 0.366. The van der Waals surface area contributed by atoms with Gasteiger partial charge in [-0.05, 0) is 30.9 Å². The number of rotatable bonds is 6. The average Bonchev–Trinajstić information content (AvgIpc) is 3.31. The minimum absolute atomic E-state index is 0.140. The number of nitro benzene ring substituents is 1. The van der Waals surface area contributed by atoms with Crippen molar-refractivity contribution in [1.82, 2.24) is 4.98 Å². The molecule has 0 aliphatic carbocycles. The third kappa shape index (κ3) is 4.41. The summed E-state index contributed by atoms with van der Waals surface area (Å²) >= 11 is 2.74. The SMILES string of the molecule is Cc1ccc([N+](=O)[O-])cc1NC(=O)COC(=O)c1sc(-c2ccsc2)nc1C. The highest BCUT2D eigenvalue weighted by molar-refractivity contribution is 7.17. The van der Waals surface area contributed by atoms with Crippen LogP contribution in [0.2, 0.25) is 0 Å². The molecule has 0 saturated carbocycles. The summed E-state index contributed by atoms with van der Waals surface area (Å²) in [5, 5.41) is 17.9. The molecule has 0 spiro atoms. The first-order valence-corrected chi connectivity index (χ1v) is 9.83. The number of nitro groups is 1. The van der Waals surface area contributed by atoms with Gasteiger partial charge < -0.3 is 10.1 Å². The van der Waals surface area contributed by atoms with E-state index in [-0.39, 0.29) is 5.69 Å². The largest absolute Gasteiger partial charge is 0.451 e. The van der Waals surface area contributed by atoms with Gasteiger partial charge >= 0.3 is 5.97 Å². The maximum Gasteiger partial charge on any atom is 0.350 e. The zero-order valence-electron chi connectivity index (χ0n) is 14.9. The highest BCUT2D eigenvalue weighted by Crippen LogP contribution is 2.29. The van der Waals surface area contributed by atoms with Crippen molar-refractivity contribution in [2.24, 2.45) is 0 Å². The fourth-order valence-electron chi connectivity index (χ4n) is 2.34. The lowest BCUT2D eigenvalue weighted by atomic mass is 10.2. The number of nitrogens with one attached hydrogen (secondary N) is 1. The first-order chi connectivity index (χ1) is 13.3. The van der Waals surface area contributed by atoms with Gasteiger partial charge in [0.05, 0.1) is 16.3 Å². The monoisotopic (exact) mass is 417 g/mol. The number of amides is 1. The molecule has 1 amide bonds. The van der Waals surface area contributed by atoms with Gasteiger partial charge in [-0.3, -0.25) is 14.9 Å². The van der Waals surface area contributed by atoms with Crippen molar-refractivity contribution < 1.29 is 19.2 Å². The molecule has 2 aromatic heterocycles. The maximum absolute atomic E-state index is 12.3. The van der Waals surface area contributed by atoms with Crippen LogP contribution in [0.5, 0.6) is 0 Å². The minimum Gasteiger partial charge on any atom is -0.451 e. The number of esters is 1. The highest BCUT2D eigenvalue weighted by Gasteiger charge is 2.19. The molecule has 0 aliphatic heterocycles. The second kappa shape index (κ2) is 8.28. The normalized spacial score (nSPS) is 10.5. The Balaban J connectivity index is 1.63. The molecule has 28 heavy (non-hydrogen) atoms. The van der Waals surface area contributed by atoms with Crippen LogP contribution < -0.4 is 5.32 Å². The van der Waals surface area contributed by atoms with E-state index in [1.54, 1.807) is 13.8 Å². The Bertz CT molecular complexity index is 1040. The molecule has 0 saturated heterocycles. The zero-order chi connectivity index (χ0) is 20.3. The van der Waals surface area contributed by atoms with E-state index in [2.05, 4.69) is 10.3 Å². The molecule has 3 rings (SSSR count). The molecule has 1 N–H and O–H groups in total. The van der Waals surface area contributed by atoms with E-state index >= 15 is 0 Å². The molecule has 0 unspecified atom stereocenters. The molecule has 144 valence electrons. The fraction of sp³-hybridized carbons (Fsp3) is 0.167. The number of thiophene rings is 1. The van der Waals surface area contributed by atoms with E-state index in [0.29, 0.717) is 26.8 Å². The maximum atomic E-state index is 12.3. The second-order valence-corrected chi connectivity index (χ2v) is 7.61. The summed E-state index contributed by atoms with van der Waals surface area (Å²) in [6.45, 7) is 2.90. The van der Waals surface area contributed by atoms with Gasteiger partial charge in [0.15, 0.2) is 6.61 Å². The van der Waals surface area contributed by atoms with Crippen LogP contribution in [0.1, 0.15) is 20.9 Å². The number of hydrogen-bond donors (Lipinski definition) is 1. The number of non-ortho nitro benzene ring substituents is 1. The predicted molar refractivity (Wildman–Crippen MR) is 107 cm³/mol. The van der Waals surface area contributed by atoms with E-state index in [1.165, 1.54) is 40.9 Å². The van der Waals surface area contributed by atoms with Gasteiger partial charge in [0.25, 0.3) is 11.6 Å². The van der Waals surface area contributed by atoms with E-state index in [4.69, 9.17) is 4.74 Å². The van der Waals surface area contributed by atoms with Crippen molar-refractivity contribution in [1.29, 1.82) is 0 Å². The summed E-state index contributed by atoms with van der Waals surface area (Å²) in [5.41, 5.74) is 2.27. The standard InChI is InChI=1S/C18H15N3O5S2/c1-10-3-4-13(21(24)25)7-14(10)20-15(22)8-26-18(23)16-11(2)19-17(28-16)12-5-6-27-9-12/h3-7,9H,8H2,1-2H3,(H,20,22). The van der Waals surface area contributed by atoms with Crippen LogP contribution in [-0.4, -0.2) is 28.4 Å². The lowest BCUT2D eigenvalue weighted by Gasteiger charge is -2.08. The molecule has 0 aliphatic rings. The zero-order valence-corrected chi connectivity index (χ0v) is 16.6. The minimum atomic E-state index is -0.637. The smallest absolute Gasteiger partial charge is 0.350 e. The number of aryl methyl sites for hydroxylation is 2. The van der Waals surface area contributed by atoms with Crippen LogP contribution in [0, 0.1) is 24.0 Å². The number of thiazole rings is 1. The van der Waals surface area contributed by atoms with E-state index in [9.17, 15) is 19.7 Å². The molecule has 1 aromatic carbocycles. The Morgan fingerprint density at radius 2 is 2.07 bits per heavy atom. The number of carbonyl (C=O) groups is 2. The Morgan fingerprint density at radius 1 is 1.29 bits per heavy atom. The first-order valence-electron chi connectivity index (χ1n) is 8.07. The molecule has 0 radical (unpaired) electrons. The number of carbonyl (C=O) groups excluding carboxylic acids is 2. The highest BCUT2D eigenvalue weighted by atomic mass is 32.1. The average molecular weight is 417 g/mol. The number of anilines is 1. The van der Waals surface area contributed by atoms with Gasteiger partial charge in [-0.1, -0.05) is 6.07 Å². The van der Waals surface area contributed by atoms with Crippen molar-refractivity contribution >= 4 is 45.9 Å². The molecular formula is C18H15N3O5S2. The lowest BCUT2D eigenvalue weighted by Crippen LogP contribution is -2.21. The number of nitrogens with zero attached hydrogens (tertiary/aromatic N) is 2. The number of ether oxygens (including phenoxy) is 1. The van der Waals surface area contributed by atoms with Gasteiger partial charge in [-0.2, -0.15) is 11.3 Å². The van der Waals surface area contributed by atoms with Crippen LogP contribution in [-0.2, 0) is 9.53 Å². The van der Waals surface area contributed by atoms with Gasteiger partial charge in [0.1, 0.15) is 9.88 Å². The fourth-order valence-corrected chi connectivity index (χ4v) is 4.01. The van der Waals surface area contributed by atoms with Crippen LogP contribution in [0.25, 0.3) is 10.6 Å². The predicted octanol–water partition coefficient (Wildman–Crippen LogP) is 4.19. The molecule has 0 atom stereocenters. The third-order valence-corrected chi connectivity index (χ3v) is 5.66. The Morgan fingerprint density at radius 3 is 2.75 bits per heavy atom. The van der Waals surface area contributed by atoms with E-state index < -0.39 is 23.4 Å². The van der Waals surface area contributed by atoms with Crippen molar-refractivity contribution in [3.05, 3.63) is 61.3 Å². The number of aromatic nitrogens is 1. The summed E-state index contributed by atoms with van der Waals surface area (Å²) in [6, 6.07) is 6.05. The van der Waals surface area contributed by atoms with Crippen molar-refractivity contribution in [3.63, 3.8) is 0 Å². The molecule has 10 heteroatoms. The summed E-state index contributed by atoms with van der Waals surface area (Å²) in [5.74, 6) is -1.22. The van der Waals surface area contributed by atoms with Crippen LogP contribution >= 0.6 is 22.7 Å². The molecule has 3 aromatic rings.